The molecule has 2 fully saturated rings. The molecule has 6 nitrogen and oxygen atoms in total. The zero-order chi connectivity index (χ0) is 15.7. The monoisotopic (exact) mass is 336 g/mol. The van der Waals surface area contributed by atoms with Gasteiger partial charge in [-0.25, -0.2) is 8.42 Å². The first kappa shape index (κ1) is 17.1. The van der Waals surface area contributed by atoms with Crippen molar-refractivity contribution in [1.29, 1.82) is 0 Å². The summed E-state index contributed by atoms with van der Waals surface area (Å²) in [5, 5.41) is 0. The molecule has 0 aromatic heterocycles. The summed E-state index contributed by atoms with van der Waals surface area (Å²) < 4.78 is 31.2. The summed E-state index contributed by atoms with van der Waals surface area (Å²) in [6.07, 6.45) is 1.53. The molecule has 0 aliphatic carbocycles. The third-order valence-electron chi connectivity index (χ3n) is 3.90. The van der Waals surface area contributed by atoms with Crippen molar-refractivity contribution in [2.75, 3.05) is 45.3 Å². The van der Waals surface area contributed by atoms with Crippen molar-refractivity contribution in [2.24, 2.45) is 0 Å². The maximum atomic E-state index is 12.0. The maximum Gasteiger partial charge on any atom is 0.248 e. The van der Waals surface area contributed by atoms with Gasteiger partial charge in [0.2, 0.25) is 15.9 Å². The number of likely N-dealkylation sites (N-methyl/N-ethyl adjacent to an activating group) is 1. The lowest BCUT2D eigenvalue weighted by atomic mass is 9.95. The van der Waals surface area contributed by atoms with E-state index in [4.69, 9.17) is 4.74 Å². The largest absolute Gasteiger partial charge is 0.367 e. The number of thioether (sulfide) groups is 1. The lowest BCUT2D eigenvalue weighted by Gasteiger charge is -2.46. The second-order valence-electron chi connectivity index (χ2n) is 6.00. The van der Waals surface area contributed by atoms with Gasteiger partial charge < -0.3 is 9.64 Å². The number of amides is 1. The fourth-order valence-corrected chi connectivity index (χ4v) is 6.01. The molecule has 2 aliphatic rings. The zero-order valence-electron chi connectivity index (χ0n) is 12.9. The van der Waals surface area contributed by atoms with Gasteiger partial charge in [0, 0.05) is 37.7 Å². The molecule has 1 atom stereocenters. The molecular weight excluding hydrogens is 312 g/mol. The minimum absolute atomic E-state index is 0.00659. The van der Waals surface area contributed by atoms with Crippen LogP contribution in [0.3, 0.4) is 0 Å². The molecule has 1 amide bonds. The van der Waals surface area contributed by atoms with Crippen LogP contribution >= 0.6 is 11.8 Å². The van der Waals surface area contributed by atoms with Crippen LogP contribution in [0.15, 0.2) is 0 Å². The maximum absolute atomic E-state index is 12.0. The first-order valence-electron chi connectivity index (χ1n) is 7.21. The number of carbonyl (C=O) groups is 1. The van der Waals surface area contributed by atoms with Gasteiger partial charge in [-0.1, -0.05) is 6.92 Å². The van der Waals surface area contributed by atoms with Crippen molar-refractivity contribution < 1.29 is 17.9 Å². The predicted octanol–water partition coefficient (Wildman–Crippen LogP) is 0.391. The van der Waals surface area contributed by atoms with Gasteiger partial charge in [0.15, 0.2) is 0 Å². The molecule has 21 heavy (non-hydrogen) atoms. The van der Waals surface area contributed by atoms with Gasteiger partial charge in [-0.2, -0.15) is 4.31 Å². The highest BCUT2D eigenvalue weighted by Crippen LogP contribution is 2.46. The highest BCUT2D eigenvalue weighted by atomic mass is 32.2. The number of hydrogen-bond acceptors (Lipinski definition) is 5. The quantitative estimate of drug-likeness (QED) is 0.702. The van der Waals surface area contributed by atoms with E-state index in [-0.39, 0.29) is 29.1 Å². The minimum Gasteiger partial charge on any atom is -0.367 e. The van der Waals surface area contributed by atoms with E-state index in [1.165, 1.54) is 4.90 Å². The molecule has 0 saturated carbocycles. The van der Waals surface area contributed by atoms with Gasteiger partial charge in [-0.05, 0) is 12.8 Å². The molecule has 2 rings (SSSR count). The summed E-state index contributed by atoms with van der Waals surface area (Å²) in [5.41, 5.74) is 0. The highest BCUT2D eigenvalue weighted by molar-refractivity contribution is 8.01. The van der Waals surface area contributed by atoms with Crippen molar-refractivity contribution in [3.05, 3.63) is 0 Å². The van der Waals surface area contributed by atoms with Crippen LogP contribution in [0.25, 0.3) is 0 Å². The first-order valence-corrected chi connectivity index (χ1v) is 9.81. The predicted molar refractivity (Wildman–Crippen MR) is 83.9 cm³/mol. The standard InChI is InChI=1S/C13H24N2O4S2/c1-4-5-21(17,18)15-9-13(10-15)6-11(8-20-13)19-7-12(16)14(2)3/h11H,4-10H2,1-3H3/t11-/m0/s1. The summed E-state index contributed by atoms with van der Waals surface area (Å²) in [7, 11) is 0.342. The van der Waals surface area contributed by atoms with Crippen LogP contribution in [-0.4, -0.2) is 79.7 Å². The van der Waals surface area contributed by atoms with Crippen molar-refractivity contribution in [3.63, 3.8) is 0 Å². The Bertz CT molecular complexity index is 486. The SMILES string of the molecule is CCCS(=O)(=O)N1CC2(C[C@H](OCC(=O)N(C)C)CS2)C1. The van der Waals surface area contributed by atoms with E-state index >= 15 is 0 Å². The molecule has 0 aromatic carbocycles. The van der Waals surface area contributed by atoms with E-state index in [0.717, 1.165) is 12.2 Å². The Morgan fingerprint density at radius 3 is 2.67 bits per heavy atom. The van der Waals surface area contributed by atoms with Crippen molar-refractivity contribution in [3.8, 4) is 0 Å². The Morgan fingerprint density at radius 1 is 1.43 bits per heavy atom. The Morgan fingerprint density at radius 2 is 2.10 bits per heavy atom. The van der Waals surface area contributed by atoms with Crippen molar-refractivity contribution >= 4 is 27.7 Å². The molecule has 1 spiro atoms. The summed E-state index contributed by atoms with van der Waals surface area (Å²) >= 11 is 1.78. The van der Waals surface area contributed by atoms with E-state index in [1.807, 2.05) is 6.92 Å². The zero-order valence-corrected chi connectivity index (χ0v) is 14.5. The van der Waals surface area contributed by atoms with Crippen LogP contribution in [0.2, 0.25) is 0 Å². The van der Waals surface area contributed by atoms with Gasteiger partial charge in [-0.15, -0.1) is 11.8 Å². The molecule has 0 radical (unpaired) electrons. The van der Waals surface area contributed by atoms with Gasteiger partial charge in [0.05, 0.1) is 11.9 Å². The fraction of sp³-hybridized carbons (Fsp3) is 0.923. The van der Waals surface area contributed by atoms with Crippen LogP contribution in [0.5, 0.6) is 0 Å². The Kier molecular flexibility index (Phi) is 5.23. The normalized spacial score (nSPS) is 25.0. The number of nitrogens with zero attached hydrogens (tertiary/aromatic N) is 2. The van der Waals surface area contributed by atoms with Crippen molar-refractivity contribution in [2.45, 2.75) is 30.6 Å². The summed E-state index contributed by atoms with van der Waals surface area (Å²) in [6, 6.07) is 0. The molecule has 8 heteroatoms. The number of sulfonamides is 1. The second-order valence-corrected chi connectivity index (χ2v) is 9.58. The number of ether oxygens (including phenoxy) is 1. The Balaban J connectivity index is 1.78. The average Bonchev–Trinajstić information content (AvgIpc) is 2.78. The van der Waals surface area contributed by atoms with Crippen LogP contribution in [0.4, 0.5) is 0 Å². The average molecular weight is 336 g/mol. The molecule has 0 bridgehead atoms. The summed E-state index contributed by atoms with van der Waals surface area (Å²) in [6.45, 7) is 3.15. The fourth-order valence-electron chi connectivity index (χ4n) is 2.63. The molecule has 122 valence electrons. The molecule has 2 saturated heterocycles. The van der Waals surface area contributed by atoms with E-state index in [1.54, 1.807) is 30.2 Å². The summed E-state index contributed by atoms with van der Waals surface area (Å²) in [5.74, 6) is 1.02. The van der Waals surface area contributed by atoms with Gasteiger partial charge >= 0.3 is 0 Å². The molecule has 0 unspecified atom stereocenters. The highest BCUT2D eigenvalue weighted by Gasteiger charge is 2.52. The van der Waals surface area contributed by atoms with Crippen LogP contribution in [-0.2, 0) is 19.6 Å². The lowest BCUT2D eigenvalue weighted by molar-refractivity contribution is -0.135. The molecular formula is C13H24N2O4S2. The van der Waals surface area contributed by atoms with E-state index in [9.17, 15) is 13.2 Å². The minimum atomic E-state index is -3.07. The van der Waals surface area contributed by atoms with Crippen LogP contribution in [0.1, 0.15) is 19.8 Å². The number of rotatable bonds is 6. The van der Waals surface area contributed by atoms with Crippen LogP contribution < -0.4 is 0 Å². The molecule has 0 N–H and O–H groups in total. The molecule has 2 aliphatic heterocycles. The van der Waals surface area contributed by atoms with Gasteiger partial charge in [0.25, 0.3) is 0 Å². The Labute approximate surface area is 131 Å². The second kappa shape index (κ2) is 6.44. The van der Waals surface area contributed by atoms with E-state index in [2.05, 4.69) is 0 Å². The topological polar surface area (TPSA) is 66.9 Å². The third-order valence-corrected chi connectivity index (χ3v) is 7.45. The first-order chi connectivity index (χ1) is 9.78. The summed E-state index contributed by atoms with van der Waals surface area (Å²) in [4.78, 5) is 13.0. The van der Waals surface area contributed by atoms with Crippen LogP contribution in [0, 0.1) is 0 Å². The van der Waals surface area contributed by atoms with Gasteiger partial charge in [-0.3, -0.25) is 4.79 Å². The lowest BCUT2D eigenvalue weighted by Crippen LogP contribution is -2.61. The molecule has 2 heterocycles. The third kappa shape index (κ3) is 3.91. The van der Waals surface area contributed by atoms with Gasteiger partial charge in [0.1, 0.15) is 6.61 Å². The van der Waals surface area contributed by atoms with E-state index < -0.39 is 10.0 Å². The Hall–Kier alpha value is -0.310. The van der Waals surface area contributed by atoms with Crippen molar-refractivity contribution in [1.82, 2.24) is 9.21 Å². The smallest absolute Gasteiger partial charge is 0.248 e. The van der Waals surface area contributed by atoms with E-state index in [0.29, 0.717) is 19.5 Å². The number of carbonyl (C=O) groups excluding carboxylic acids is 1. The molecule has 0 aromatic rings. The number of hydrogen-bond donors (Lipinski definition) is 0.